The van der Waals surface area contributed by atoms with Crippen LogP contribution < -0.4 is 5.32 Å². The van der Waals surface area contributed by atoms with E-state index in [1.165, 1.54) is 13.0 Å². The molecule has 0 aromatic rings. The lowest BCUT2D eigenvalue weighted by Gasteiger charge is -2.30. The molecule has 1 heteroatoms. The van der Waals surface area contributed by atoms with Crippen LogP contribution in [0.2, 0.25) is 0 Å². The Labute approximate surface area is 75.9 Å². The monoisotopic (exact) mass is 167 g/mol. The van der Waals surface area contributed by atoms with Gasteiger partial charge in [0.25, 0.3) is 0 Å². The Hall–Kier alpha value is -0.0400. The molecule has 4 unspecified atom stereocenters. The average molecular weight is 167 g/mol. The van der Waals surface area contributed by atoms with Crippen molar-refractivity contribution < 1.29 is 0 Å². The van der Waals surface area contributed by atoms with Gasteiger partial charge in [-0.05, 0) is 49.1 Å². The Kier molecular flexibility index (Phi) is 1.76. The largest absolute Gasteiger partial charge is 0.319 e. The second-order valence-electron chi connectivity index (χ2n) is 5.14. The van der Waals surface area contributed by atoms with Crippen molar-refractivity contribution in [1.82, 2.24) is 5.32 Å². The van der Waals surface area contributed by atoms with E-state index in [4.69, 9.17) is 0 Å². The highest BCUT2D eigenvalue weighted by Crippen LogP contribution is 2.80. The summed E-state index contributed by atoms with van der Waals surface area (Å²) in [6.07, 6.45) is 1.53. The smallest absolute Gasteiger partial charge is 0.00234 e. The van der Waals surface area contributed by atoms with E-state index in [9.17, 15) is 0 Å². The fourth-order valence-corrected chi connectivity index (χ4v) is 3.05. The third-order valence-electron chi connectivity index (χ3n) is 4.64. The quantitative estimate of drug-likeness (QED) is 0.676. The van der Waals surface area contributed by atoms with Crippen LogP contribution >= 0.6 is 0 Å². The van der Waals surface area contributed by atoms with Crippen LogP contribution in [0.5, 0.6) is 0 Å². The van der Waals surface area contributed by atoms with Crippen LogP contribution in [0.4, 0.5) is 0 Å². The van der Waals surface area contributed by atoms with E-state index in [0.29, 0.717) is 0 Å². The highest BCUT2D eigenvalue weighted by atomic mass is 14.8. The topological polar surface area (TPSA) is 12.0 Å². The van der Waals surface area contributed by atoms with Crippen molar-refractivity contribution in [2.45, 2.75) is 27.2 Å². The molecule has 70 valence electrons. The van der Waals surface area contributed by atoms with Gasteiger partial charge in [-0.2, -0.15) is 0 Å². The molecule has 1 nitrogen and oxygen atoms in total. The van der Waals surface area contributed by atoms with Crippen molar-refractivity contribution in [2.24, 2.45) is 29.1 Å². The third-order valence-corrected chi connectivity index (χ3v) is 4.64. The first-order valence-corrected chi connectivity index (χ1v) is 5.27. The molecular weight excluding hydrogens is 146 g/mol. The minimum Gasteiger partial charge on any atom is -0.319 e. The van der Waals surface area contributed by atoms with Gasteiger partial charge >= 0.3 is 0 Å². The number of hydrogen-bond acceptors (Lipinski definition) is 1. The lowest BCUT2D eigenvalue weighted by Crippen LogP contribution is -2.29. The molecule has 0 aromatic carbocycles. The summed E-state index contributed by atoms with van der Waals surface area (Å²) >= 11 is 0. The molecule has 2 fully saturated rings. The van der Waals surface area contributed by atoms with Crippen LogP contribution in [0.25, 0.3) is 0 Å². The third kappa shape index (κ3) is 0.953. The van der Waals surface area contributed by atoms with Gasteiger partial charge in [-0.1, -0.05) is 20.8 Å². The standard InChI is InChI=1S/C11H21N/c1-7(6-12-4)8(2)11(3)9-5-10(9)11/h7-10,12H,5-6H2,1-4H3. The number of rotatable bonds is 4. The zero-order chi connectivity index (χ0) is 8.93. The molecule has 0 aromatic heterocycles. The van der Waals surface area contributed by atoms with Crippen molar-refractivity contribution in [1.29, 1.82) is 0 Å². The van der Waals surface area contributed by atoms with Gasteiger partial charge in [-0.25, -0.2) is 0 Å². The molecule has 2 rings (SSSR count). The molecule has 2 aliphatic carbocycles. The molecular formula is C11H21N. The van der Waals surface area contributed by atoms with E-state index in [1.807, 2.05) is 0 Å². The van der Waals surface area contributed by atoms with Crippen LogP contribution in [0.3, 0.4) is 0 Å². The van der Waals surface area contributed by atoms with Gasteiger partial charge in [0.05, 0.1) is 0 Å². The molecule has 2 aliphatic rings. The van der Waals surface area contributed by atoms with Crippen LogP contribution in [-0.2, 0) is 0 Å². The van der Waals surface area contributed by atoms with Crippen LogP contribution in [0, 0.1) is 29.1 Å². The molecule has 0 spiro atoms. The highest BCUT2D eigenvalue weighted by molar-refractivity contribution is 5.23. The Morgan fingerprint density at radius 1 is 1.42 bits per heavy atom. The minimum atomic E-state index is 0.746. The molecule has 0 radical (unpaired) electrons. The maximum Gasteiger partial charge on any atom is -0.00234 e. The Morgan fingerprint density at radius 3 is 2.33 bits per heavy atom. The summed E-state index contributed by atoms with van der Waals surface area (Å²) in [4.78, 5) is 0. The Morgan fingerprint density at radius 2 is 2.00 bits per heavy atom. The van der Waals surface area contributed by atoms with Crippen molar-refractivity contribution in [3.8, 4) is 0 Å². The van der Waals surface area contributed by atoms with E-state index >= 15 is 0 Å². The van der Waals surface area contributed by atoms with E-state index < -0.39 is 0 Å². The summed E-state index contributed by atoms with van der Waals surface area (Å²) < 4.78 is 0. The second-order valence-corrected chi connectivity index (χ2v) is 5.14. The van der Waals surface area contributed by atoms with E-state index in [1.54, 1.807) is 0 Å². The van der Waals surface area contributed by atoms with Crippen molar-refractivity contribution in [3.63, 3.8) is 0 Å². The first-order valence-electron chi connectivity index (χ1n) is 5.27. The number of fused-ring (bicyclic) bond motifs is 1. The summed E-state index contributed by atoms with van der Waals surface area (Å²) in [6.45, 7) is 8.48. The summed E-state index contributed by atoms with van der Waals surface area (Å²) in [5, 5.41) is 3.28. The maximum atomic E-state index is 3.28. The first kappa shape index (κ1) is 8.55. The van der Waals surface area contributed by atoms with Gasteiger partial charge in [0.15, 0.2) is 0 Å². The molecule has 0 heterocycles. The molecule has 12 heavy (non-hydrogen) atoms. The first-order chi connectivity index (χ1) is 5.62. The van der Waals surface area contributed by atoms with Crippen molar-refractivity contribution in [2.75, 3.05) is 13.6 Å². The van der Waals surface area contributed by atoms with Crippen LogP contribution in [0.15, 0.2) is 0 Å². The Balaban J connectivity index is 1.87. The molecule has 0 amide bonds. The van der Waals surface area contributed by atoms with E-state index in [-0.39, 0.29) is 0 Å². The fraction of sp³-hybridized carbons (Fsp3) is 1.00. The van der Waals surface area contributed by atoms with Gasteiger partial charge in [-0.15, -0.1) is 0 Å². The molecule has 2 saturated carbocycles. The minimum absolute atomic E-state index is 0.746. The zero-order valence-corrected chi connectivity index (χ0v) is 8.72. The SMILES string of the molecule is CNCC(C)C(C)C1(C)C2CC21. The van der Waals surface area contributed by atoms with Crippen LogP contribution in [-0.4, -0.2) is 13.6 Å². The summed E-state index contributed by atoms with van der Waals surface area (Å²) in [5.74, 6) is 3.99. The van der Waals surface area contributed by atoms with Gasteiger partial charge < -0.3 is 5.32 Å². The predicted molar refractivity (Wildman–Crippen MR) is 52.0 cm³/mol. The number of nitrogens with one attached hydrogen (secondary N) is 1. The second kappa shape index (κ2) is 2.47. The van der Waals surface area contributed by atoms with Gasteiger partial charge in [0.2, 0.25) is 0 Å². The predicted octanol–water partition coefficient (Wildman–Crippen LogP) is 2.13. The average Bonchev–Trinajstić information content (AvgIpc) is 2.89. The fourth-order valence-electron chi connectivity index (χ4n) is 3.05. The molecule has 0 aliphatic heterocycles. The van der Waals surface area contributed by atoms with Crippen LogP contribution in [0.1, 0.15) is 27.2 Å². The maximum absolute atomic E-state index is 3.28. The molecule has 1 N–H and O–H groups in total. The molecule has 0 bridgehead atoms. The summed E-state index contributed by atoms with van der Waals surface area (Å²) in [7, 11) is 2.05. The number of hydrogen-bond donors (Lipinski definition) is 1. The summed E-state index contributed by atoms with van der Waals surface area (Å²) in [5.41, 5.74) is 0.746. The van der Waals surface area contributed by atoms with E-state index in [2.05, 4.69) is 33.1 Å². The van der Waals surface area contributed by atoms with Gasteiger partial charge in [-0.3, -0.25) is 0 Å². The van der Waals surface area contributed by atoms with E-state index in [0.717, 1.165) is 29.1 Å². The summed E-state index contributed by atoms with van der Waals surface area (Å²) in [6, 6.07) is 0. The van der Waals surface area contributed by atoms with Crippen molar-refractivity contribution >= 4 is 0 Å². The highest BCUT2D eigenvalue weighted by Gasteiger charge is 2.75. The molecule has 4 atom stereocenters. The lowest BCUT2D eigenvalue weighted by molar-refractivity contribution is 0.193. The Bertz CT molecular complexity index is 179. The zero-order valence-electron chi connectivity index (χ0n) is 8.72. The normalized spacial score (nSPS) is 48.0. The lowest BCUT2D eigenvalue weighted by atomic mass is 9.76. The van der Waals surface area contributed by atoms with Crippen molar-refractivity contribution in [3.05, 3.63) is 0 Å². The van der Waals surface area contributed by atoms with Gasteiger partial charge in [0, 0.05) is 0 Å². The molecule has 0 saturated heterocycles. The van der Waals surface area contributed by atoms with Gasteiger partial charge in [0.1, 0.15) is 0 Å².